The summed E-state index contributed by atoms with van der Waals surface area (Å²) in [5.41, 5.74) is 2.79. The van der Waals surface area contributed by atoms with Gasteiger partial charge in [0.2, 0.25) is 0 Å². The molecule has 0 fully saturated rings. The normalized spacial score (nSPS) is 15.4. The first-order chi connectivity index (χ1) is 8.11. The lowest BCUT2D eigenvalue weighted by molar-refractivity contribution is 0.637. The molecule has 2 nitrogen and oxygen atoms in total. The van der Waals surface area contributed by atoms with Crippen molar-refractivity contribution in [2.75, 3.05) is 22.9 Å². The molecule has 1 aromatic rings. The molecule has 102 valence electrons. The van der Waals surface area contributed by atoms with Crippen LogP contribution in [0.2, 0.25) is 0 Å². The fraction of sp³-hybridized carbons (Fsp3) is 0.600. The number of anilines is 2. The van der Waals surface area contributed by atoms with Crippen molar-refractivity contribution in [2.45, 2.75) is 46.2 Å². The Labute approximate surface area is 117 Å². The van der Waals surface area contributed by atoms with Crippen molar-refractivity contribution in [1.29, 1.82) is 0 Å². The van der Waals surface area contributed by atoms with Crippen LogP contribution in [0.3, 0.4) is 0 Å². The first-order valence-corrected chi connectivity index (χ1v) is 6.73. The van der Waals surface area contributed by atoms with E-state index in [1.807, 2.05) is 0 Å². The van der Waals surface area contributed by atoms with E-state index in [-0.39, 0.29) is 12.4 Å². The van der Waals surface area contributed by atoms with Crippen LogP contribution < -0.4 is 9.80 Å². The van der Waals surface area contributed by atoms with E-state index >= 15 is 0 Å². The monoisotopic (exact) mass is 268 g/mol. The van der Waals surface area contributed by atoms with Crippen LogP contribution >= 0.6 is 12.4 Å². The average molecular weight is 269 g/mol. The van der Waals surface area contributed by atoms with Crippen LogP contribution in [0, 0.1) is 0 Å². The summed E-state index contributed by atoms with van der Waals surface area (Å²) in [6.45, 7) is 11.4. The van der Waals surface area contributed by atoms with Crippen LogP contribution in [0.15, 0.2) is 24.3 Å². The van der Waals surface area contributed by atoms with Crippen molar-refractivity contribution < 1.29 is 0 Å². The molecule has 0 aliphatic carbocycles. The van der Waals surface area contributed by atoms with Crippen molar-refractivity contribution in [3.63, 3.8) is 0 Å². The van der Waals surface area contributed by atoms with Gasteiger partial charge in [0.1, 0.15) is 0 Å². The minimum Gasteiger partial charge on any atom is -0.367 e. The quantitative estimate of drug-likeness (QED) is 0.802. The Kier molecular flexibility index (Phi) is 5.33. The molecule has 0 bridgehead atoms. The molecule has 1 aliphatic rings. The van der Waals surface area contributed by atoms with E-state index in [2.05, 4.69) is 61.8 Å². The minimum absolute atomic E-state index is 0. The molecule has 0 N–H and O–H groups in total. The molecule has 0 amide bonds. The molecule has 0 atom stereocenters. The zero-order valence-electron chi connectivity index (χ0n) is 11.9. The number of benzene rings is 1. The average Bonchev–Trinajstić information content (AvgIpc) is 2.48. The van der Waals surface area contributed by atoms with Gasteiger partial charge in [-0.25, -0.2) is 0 Å². The van der Waals surface area contributed by atoms with Gasteiger partial charge in [-0.05, 0) is 46.2 Å². The van der Waals surface area contributed by atoms with E-state index in [1.165, 1.54) is 17.8 Å². The van der Waals surface area contributed by atoms with Crippen LogP contribution in [0.25, 0.3) is 0 Å². The van der Waals surface area contributed by atoms with Gasteiger partial charge in [0.15, 0.2) is 0 Å². The molecule has 0 saturated carbocycles. The van der Waals surface area contributed by atoms with E-state index in [1.54, 1.807) is 0 Å². The predicted molar refractivity (Wildman–Crippen MR) is 83.3 cm³/mol. The summed E-state index contributed by atoms with van der Waals surface area (Å²) in [6.07, 6.45) is 1.24. The Morgan fingerprint density at radius 3 is 1.56 bits per heavy atom. The molecule has 2 rings (SSSR count). The molecule has 0 saturated heterocycles. The molecule has 1 aromatic carbocycles. The number of hydrogen-bond acceptors (Lipinski definition) is 2. The van der Waals surface area contributed by atoms with E-state index < -0.39 is 0 Å². The van der Waals surface area contributed by atoms with Gasteiger partial charge in [-0.2, -0.15) is 0 Å². The van der Waals surface area contributed by atoms with Crippen LogP contribution in [0.1, 0.15) is 34.1 Å². The highest BCUT2D eigenvalue weighted by atomic mass is 35.5. The van der Waals surface area contributed by atoms with Crippen molar-refractivity contribution in [1.82, 2.24) is 0 Å². The first-order valence-electron chi connectivity index (χ1n) is 6.73. The summed E-state index contributed by atoms with van der Waals surface area (Å²) in [5.74, 6) is 0. The number of rotatable bonds is 2. The van der Waals surface area contributed by atoms with E-state index in [9.17, 15) is 0 Å². The molecular weight excluding hydrogens is 244 g/mol. The van der Waals surface area contributed by atoms with Crippen molar-refractivity contribution >= 4 is 23.8 Å². The van der Waals surface area contributed by atoms with Crippen LogP contribution in [0.5, 0.6) is 0 Å². The lowest BCUT2D eigenvalue weighted by atomic mass is 10.2. The zero-order chi connectivity index (χ0) is 12.4. The van der Waals surface area contributed by atoms with Crippen molar-refractivity contribution in [2.24, 2.45) is 0 Å². The summed E-state index contributed by atoms with van der Waals surface area (Å²) in [5, 5.41) is 0. The van der Waals surface area contributed by atoms with Crippen molar-refractivity contribution in [3.05, 3.63) is 24.3 Å². The first kappa shape index (κ1) is 15.2. The smallest absolute Gasteiger partial charge is 0.0606 e. The fourth-order valence-corrected chi connectivity index (χ4v) is 2.67. The topological polar surface area (TPSA) is 6.48 Å². The molecule has 1 heterocycles. The molecule has 1 aliphatic heterocycles. The number of halogens is 1. The number of hydrogen-bond donors (Lipinski definition) is 0. The van der Waals surface area contributed by atoms with Gasteiger partial charge in [-0.15, -0.1) is 12.4 Å². The maximum absolute atomic E-state index is 2.53. The van der Waals surface area contributed by atoms with E-state index in [0.29, 0.717) is 12.1 Å². The predicted octanol–water partition coefficient (Wildman–Crippen LogP) is 3.94. The minimum atomic E-state index is 0. The Hall–Kier alpha value is -0.890. The maximum atomic E-state index is 2.53. The Balaban J connectivity index is 0.00000162. The molecule has 18 heavy (non-hydrogen) atoms. The van der Waals surface area contributed by atoms with Crippen molar-refractivity contribution in [3.8, 4) is 0 Å². The van der Waals surface area contributed by atoms with E-state index in [0.717, 1.165) is 13.1 Å². The second-order valence-electron chi connectivity index (χ2n) is 5.42. The van der Waals surface area contributed by atoms with Gasteiger partial charge in [0, 0.05) is 25.2 Å². The lowest BCUT2D eigenvalue weighted by Gasteiger charge is -2.32. The molecule has 0 radical (unpaired) electrons. The summed E-state index contributed by atoms with van der Waals surface area (Å²) in [4.78, 5) is 5.05. The highest BCUT2D eigenvalue weighted by Crippen LogP contribution is 2.34. The van der Waals surface area contributed by atoms with Gasteiger partial charge in [-0.1, -0.05) is 12.1 Å². The SMILES string of the molecule is CC(C)N1CCCN(C(C)C)c2ccccc21.Cl. The summed E-state index contributed by atoms with van der Waals surface area (Å²) in [6, 6.07) is 9.97. The molecule has 0 aromatic heterocycles. The maximum Gasteiger partial charge on any atom is 0.0606 e. The standard InChI is InChI=1S/C15H24N2.ClH/c1-12(2)16-10-7-11-17(13(3)4)15-9-6-5-8-14(15)16;/h5-6,8-9,12-13H,7,10-11H2,1-4H3;1H. The summed E-state index contributed by atoms with van der Waals surface area (Å²) in [7, 11) is 0. The van der Waals surface area contributed by atoms with Crippen LogP contribution in [0.4, 0.5) is 11.4 Å². The zero-order valence-corrected chi connectivity index (χ0v) is 12.7. The third-order valence-corrected chi connectivity index (χ3v) is 3.55. The molecular formula is C15H25ClN2. The fourth-order valence-electron chi connectivity index (χ4n) is 2.67. The summed E-state index contributed by atoms with van der Waals surface area (Å²) >= 11 is 0. The highest BCUT2D eigenvalue weighted by molar-refractivity contribution is 5.85. The Bertz CT molecular complexity index is 342. The number of fused-ring (bicyclic) bond motifs is 1. The summed E-state index contributed by atoms with van der Waals surface area (Å²) < 4.78 is 0. The van der Waals surface area contributed by atoms with Gasteiger partial charge in [-0.3, -0.25) is 0 Å². The molecule has 0 spiro atoms. The third kappa shape index (κ3) is 2.92. The van der Waals surface area contributed by atoms with Gasteiger partial charge >= 0.3 is 0 Å². The Morgan fingerprint density at radius 1 is 0.833 bits per heavy atom. The third-order valence-electron chi connectivity index (χ3n) is 3.55. The van der Waals surface area contributed by atoms with E-state index in [4.69, 9.17) is 0 Å². The van der Waals surface area contributed by atoms with Gasteiger partial charge in [0.05, 0.1) is 11.4 Å². The highest BCUT2D eigenvalue weighted by Gasteiger charge is 2.22. The number of para-hydroxylation sites is 2. The molecule has 3 heteroatoms. The van der Waals surface area contributed by atoms with Crippen LogP contribution in [-0.4, -0.2) is 25.2 Å². The second-order valence-corrected chi connectivity index (χ2v) is 5.42. The van der Waals surface area contributed by atoms with Crippen LogP contribution in [-0.2, 0) is 0 Å². The molecule has 0 unspecified atom stereocenters. The van der Waals surface area contributed by atoms with Gasteiger partial charge < -0.3 is 9.80 Å². The number of nitrogens with zero attached hydrogens (tertiary/aromatic N) is 2. The lowest BCUT2D eigenvalue weighted by Crippen LogP contribution is -2.31. The van der Waals surface area contributed by atoms with Gasteiger partial charge in [0.25, 0.3) is 0 Å². The largest absolute Gasteiger partial charge is 0.367 e. The second kappa shape index (κ2) is 6.33. The Morgan fingerprint density at radius 2 is 1.22 bits per heavy atom.